The lowest BCUT2D eigenvalue weighted by atomic mass is 9.78. The average molecular weight is 504 g/mol. The summed E-state index contributed by atoms with van der Waals surface area (Å²) < 4.78 is 5.39. The molecule has 7 heteroatoms. The molecule has 4 atom stereocenters. The highest BCUT2D eigenvalue weighted by molar-refractivity contribution is 5.95. The Bertz CT molecular complexity index is 842. The van der Waals surface area contributed by atoms with Crippen LogP contribution in [0.3, 0.4) is 0 Å². The number of hydrogen-bond acceptors (Lipinski definition) is 5. The van der Waals surface area contributed by atoms with Gasteiger partial charge in [0.05, 0.1) is 12.7 Å². The van der Waals surface area contributed by atoms with Gasteiger partial charge in [0.25, 0.3) is 0 Å². The highest BCUT2D eigenvalue weighted by Crippen LogP contribution is 2.34. The van der Waals surface area contributed by atoms with Gasteiger partial charge in [0.15, 0.2) is 0 Å². The van der Waals surface area contributed by atoms with Crippen LogP contribution in [0.1, 0.15) is 72.3 Å². The van der Waals surface area contributed by atoms with Gasteiger partial charge in [-0.3, -0.25) is 9.59 Å². The van der Waals surface area contributed by atoms with Crippen molar-refractivity contribution < 1.29 is 19.4 Å². The summed E-state index contributed by atoms with van der Waals surface area (Å²) in [5.74, 6) is 0.105. The monoisotopic (exact) mass is 503 g/mol. The molecule has 0 unspecified atom stereocenters. The van der Waals surface area contributed by atoms with Crippen molar-refractivity contribution in [1.29, 1.82) is 0 Å². The number of nitrogens with one attached hydrogen (secondary N) is 1. The molecule has 0 saturated carbocycles. The Labute approximate surface area is 218 Å². The van der Waals surface area contributed by atoms with Crippen molar-refractivity contribution in [2.45, 2.75) is 85.3 Å². The number of hydrogen-bond donors (Lipinski definition) is 3. The highest BCUT2D eigenvalue weighted by atomic mass is 16.5. The van der Waals surface area contributed by atoms with E-state index >= 15 is 0 Å². The number of methoxy groups -OCH3 is 1. The third-order valence-electron chi connectivity index (χ3n) is 7.31. The second kappa shape index (κ2) is 14.1. The van der Waals surface area contributed by atoms with Crippen molar-refractivity contribution in [3.05, 3.63) is 29.8 Å². The van der Waals surface area contributed by atoms with Crippen LogP contribution in [0.25, 0.3) is 0 Å². The van der Waals surface area contributed by atoms with Crippen LogP contribution in [-0.4, -0.2) is 55.9 Å². The van der Waals surface area contributed by atoms with Gasteiger partial charge in [0.2, 0.25) is 11.8 Å². The van der Waals surface area contributed by atoms with Gasteiger partial charge < -0.3 is 25.8 Å². The molecule has 1 aromatic carbocycles. The van der Waals surface area contributed by atoms with Crippen LogP contribution in [0.15, 0.2) is 24.3 Å². The number of ether oxygens (including phenoxy) is 1. The lowest BCUT2D eigenvalue weighted by Crippen LogP contribution is -2.45. The summed E-state index contributed by atoms with van der Waals surface area (Å²) >= 11 is 0. The molecule has 4 N–H and O–H groups in total. The number of unbranched alkanes of at least 4 members (excludes halogenated alkanes) is 1. The molecule has 1 aromatic rings. The number of carbonyl (C=O) groups excluding carboxylic acids is 2. The number of benzene rings is 1. The minimum atomic E-state index is -0.814. The van der Waals surface area contributed by atoms with Crippen molar-refractivity contribution in [2.24, 2.45) is 28.9 Å². The maximum Gasteiger partial charge on any atom is 0.227 e. The van der Waals surface area contributed by atoms with Crippen LogP contribution < -0.4 is 16.0 Å². The van der Waals surface area contributed by atoms with Crippen LogP contribution in [0.2, 0.25) is 0 Å². The molecule has 1 aliphatic rings. The van der Waals surface area contributed by atoms with Crippen LogP contribution in [0.5, 0.6) is 0 Å². The third kappa shape index (κ3) is 8.86. The van der Waals surface area contributed by atoms with Crippen molar-refractivity contribution in [1.82, 2.24) is 5.32 Å². The molecule has 0 aliphatic carbocycles. The van der Waals surface area contributed by atoms with E-state index in [2.05, 4.69) is 18.3 Å². The summed E-state index contributed by atoms with van der Waals surface area (Å²) in [4.78, 5) is 28.1. The Balaban J connectivity index is 2.01. The first kappa shape index (κ1) is 30.3. The normalized spacial score (nSPS) is 18.5. The average Bonchev–Trinajstić information content (AvgIpc) is 2.81. The van der Waals surface area contributed by atoms with E-state index in [9.17, 15) is 14.7 Å². The van der Waals surface area contributed by atoms with Crippen molar-refractivity contribution in [3.8, 4) is 0 Å². The maximum absolute atomic E-state index is 13.5. The number of rotatable bonds is 14. The Morgan fingerprint density at radius 1 is 1.28 bits per heavy atom. The van der Waals surface area contributed by atoms with Gasteiger partial charge in [-0.05, 0) is 48.6 Å². The lowest BCUT2D eigenvalue weighted by molar-refractivity contribution is -0.127. The topological polar surface area (TPSA) is 105 Å². The second-order valence-electron chi connectivity index (χ2n) is 11.7. The summed E-state index contributed by atoms with van der Waals surface area (Å²) in [5.41, 5.74) is 8.18. The van der Waals surface area contributed by atoms with E-state index in [1.54, 1.807) is 7.11 Å². The van der Waals surface area contributed by atoms with E-state index in [0.29, 0.717) is 39.0 Å². The molecular weight excluding hydrogens is 454 g/mol. The van der Waals surface area contributed by atoms with Gasteiger partial charge >= 0.3 is 0 Å². The van der Waals surface area contributed by atoms with Crippen molar-refractivity contribution in [3.63, 3.8) is 0 Å². The number of anilines is 1. The number of carbonyl (C=O) groups is 2. The Morgan fingerprint density at radius 2 is 1.97 bits per heavy atom. The zero-order valence-corrected chi connectivity index (χ0v) is 23.3. The van der Waals surface area contributed by atoms with E-state index in [-0.39, 0.29) is 29.6 Å². The number of aliphatic hydroxyl groups excluding tert-OH is 1. The molecular formula is C29H49N3O4. The minimum Gasteiger partial charge on any atom is -0.391 e. The smallest absolute Gasteiger partial charge is 0.227 e. The van der Waals surface area contributed by atoms with Crippen molar-refractivity contribution in [2.75, 3.05) is 31.7 Å². The molecule has 0 fully saturated rings. The van der Waals surface area contributed by atoms with Gasteiger partial charge in [-0.1, -0.05) is 59.2 Å². The van der Waals surface area contributed by atoms with Crippen LogP contribution in [0.4, 0.5) is 5.69 Å². The zero-order chi connectivity index (χ0) is 26.9. The summed E-state index contributed by atoms with van der Waals surface area (Å²) in [7, 11) is 1.70. The van der Waals surface area contributed by atoms with E-state index in [1.807, 2.05) is 50.8 Å². The van der Waals surface area contributed by atoms with Crippen LogP contribution in [-0.2, 0) is 20.7 Å². The molecule has 0 saturated heterocycles. The second-order valence-corrected chi connectivity index (χ2v) is 11.7. The number of nitrogens with two attached hydrogens (primary N) is 1. The zero-order valence-electron chi connectivity index (χ0n) is 23.3. The number of aliphatic hydroxyl groups is 1. The first-order chi connectivity index (χ1) is 17.0. The van der Waals surface area contributed by atoms with E-state index in [1.165, 1.54) is 5.56 Å². The fourth-order valence-electron chi connectivity index (χ4n) is 5.25. The SMILES string of the molecule is CCCCNC(=O)[C@@H](C[C@H](O)[C@@H](N)CC(C)(C)CC(=O)N1C[C@H](COC)Cc2ccccc21)C(C)C. The molecule has 0 spiro atoms. The number of nitrogens with zero attached hydrogens (tertiary/aromatic N) is 1. The molecule has 0 aromatic heterocycles. The van der Waals surface area contributed by atoms with Crippen LogP contribution in [0, 0.1) is 23.2 Å². The van der Waals surface area contributed by atoms with Gasteiger partial charge in [0.1, 0.15) is 0 Å². The number of para-hydroxylation sites is 1. The van der Waals surface area contributed by atoms with Crippen molar-refractivity contribution >= 4 is 17.5 Å². The Hall–Kier alpha value is -1.96. The number of amides is 2. The first-order valence-electron chi connectivity index (χ1n) is 13.6. The van der Waals surface area contributed by atoms with Crippen LogP contribution >= 0.6 is 0 Å². The Kier molecular flexibility index (Phi) is 11.9. The van der Waals surface area contributed by atoms with E-state index in [4.69, 9.17) is 10.5 Å². The molecule has 7 nitrogen and oxygen atoms in total. The molecule has 36 heavy (non-hydrogen) atoms. The fourth-order valence-corrected chi connectivity index (χ4v) is 5.25. The summed E-state index contributed by atoms with van der Waals surface area (Å²) in [6.45, 7) is 12.0. The molecule has 2 amide bonds. The number of fused-ring (bicyclic) bond motifs is 1. The summed E-state index contributed by atoms with van der Waals surface area (Å²) in [6, 6.07) is 7.55. The molecule has 204 valence electrons. The lowest BCUT2D eigenvalue weighted by Gasteiger charge is -2.37. The van der Waals surface area contributed by atoms with Gasteiger partial charge in [0, 0.05) is 50.2 Å². The minimum absolute atomic E-state index is 0.0199. The molecule has 1 heterocycles. The molecule has 0 radical (unpaired) electrons. The standard InChI is InChI=1S/C29H49N3O4/c1-7-8-13-31-28(35)23(20(2)3)15-26(33)24(30)16-29(4,5)17-27(34)32-18-21(19-36-6)14-22-11-9-10-12-25(22)32/h9-12,20-21,23-24,26,33H,7-8,13-19,30H2,1-6H3,(H,31,35)/t21-,23+,24+,26+/m1/s1. The van der Waals surface area contributed by atoms with Gasteiger partial charge in [-0.15, -0.1) is 0 Å². The van der Waals surface area contributed by atoms with Gasteiger partial charge in [-0.2, -0.15) is 0 Å². The third-order valence-corrected chi connectivity index (χ3v) is 7.31. The van der Waals surface area contributed by atoms with E-state index in [0.717, 1.165) is 24.9 Å². The van der Waals surface area contributed by atoms with E-state index < -0.39 is 17.6 Å². The predicted molar refractivity (Wildman–Crippen MR) is 146 cm³/mol. The highest BCUT2D eigenvalue weighted by Gasteiger charge is 2.35. The summed E-state index contributed by atoms with van der Waals surface area (Å²) in [5, 5.41) is 13.9. The predicted octanol–water partition coefficient (Wildman–Crippen LogP) is 3.91. The molecule has 1 aliphatic heterocycles. The summed E-state index contributed by atoms with van der Waals surface area (Å²) in [6.07, 6.45) is 3.17. The Morgan fingerprint density at radius 3 is 2.61 bits per heavy atom. The molecule has 0 bridgehead atoms. The first-order valence-corrected chi connectivity index (χ1v) is 13.6. The quantitative estimate of drug-likeness (QED) is 0.334. The maximum atomic E-state index is 13.5. The van der Waals surface area contributed by atoms with Gasteiger partial charge in [-0.25, -0.2) is 0 Å². The largest absolute Gasteiger partial charge is 0.391 e. The fraction of sp³-hybridized carbons (Fsp3) is 0.724. The molecule has 2 rings (SSSR count).